The maximum Gasteiger partial charge on any atom is 0.311 e. The average Bonchev–Trinajstić information content (AvgIpc) is 2.87. The molecule has 0 saturated heterocycles. The number of hydrogen-bond donors (Lipinski definition) is 4. The Balaban J connectivity index is 2.42. The van der Waals surface area contributed by atoms with Gasteiger partial charge in [0.05, 0.1) is 31.9 Å². The van der Waals surface area contributed by atoms with Crippen molar-refractivity contribution >= 4 is 11.9 Å². The molecule has 9 nitrogen and oxygen atoms in total. The summed E-state index contributed by atoms with van der Waals surface area (Å²) in [5.41, 5.74) is 0.358. The van der Waals surface area contributed by atoms with E-state index in [0.717, 1.165) is 0 Å². The molecule has 0 radical (unpaired) electrons. The number of nitrogens with one attached hydrogen (secondary N) is 1. The van der Waals surface area contributed by atoms with Crippen LogP contribution in [0.25, 0.3) is 0 Å². The van der Waals surface area contributed by atoms with Gasteiger partial charge in [-0.15, -0.1) is 0 Å². The van der Waals surface area contributed by atoms with E-state index < -0.39 is 42.8 Å². The maximum absolute atomic E-state index is 11.3. The van der Waals surface area contributed by atoms with Crippen LogP contribution in [0.5, 0.6) is 0 Å². The highest BCUT2D eigenvalue weighted by atomic mass is 16.5. The number of aliphatic hydroxyl groups excluding tert-OH is 3. The molecule has 0 bridgehead atoms. The first-order valence-corrected chi connectivity index (χ1v) is 6.77. The molecule has 0 spiro atoms. The van der Waals surface area contributed by atoms with E-state index >= 15 is 0 Å². The average molecular weight is 313 g/mol. The molecule has 1 amide bonds. The molecular formula is C13H19N3O6. The maximum atomic E-state index is 11.3. The van der Waals surface area contributed by atoms with Crippen LogP contribution in [0.2, 0.25) is 0 Å². The number of hydrogen-bond acceptors (Lipinski definition) is 7. The number of carbonyl (C=O) groups is 2. The highest BCUT2D eigenvalue weighted by Gasteiger charge is 2.42. The molecule has 22 heavy (non-hydrogen) atoms. The fourth-order valence-corrected chi connectivity index (χ4v) is 2.57. The molecule has 4 N–H and O–H groups in total. The quantitative estimate of drug-likeness (QED) is 0.474. The summed E-state index contributed by atoms with van der Waals surface area (Å²) in [5, 5.41) is 32.2. The number of ether oxygens (including phenoxy) is 1. The molecule has 2 heterocycles. The highest BCUT2D eigenvalue weighted by Crippen LogP contribution is 2.32. The van der Waals surface area contributed by atoms with E-state index in [4.69, 9.17) is 0 Å². The van der Waals surface area contributed by atoms with Gasteiger partial charge in [-0.2, -0.15) is 0 Å². The lowest BCUT2D eigenvalue weighted by Gasteiger charge is -2.37. The monoisotopic (exact) mass is 313 g/mol. The largest absolute Gasteiger partial charge is 0.469 e. The van der Waals surface area contributed by atoms with Gasteiger partial charge in [0.2, 0.25) is 5.91 Å². The van der Waals surface area contributed by atoms with Crippen molar-refractivity contribution < 1.29 is 29.6 Å². The van der Waals surface area contributed by atoms with Gasteiger partial charge >= 0.3 is 5.97 Å². The number of aromatic nitrogens is 2. The Labute approximate surface area is 126 Å². The second-order valence-corrected chi connectivity index (χ2v) is 5.16. The summed E-state index contributed by atoms with van der Waals surface area (Å²) in [6.45, 7) is 0.853. The molecule has 4 atom stereocenters. The number of esters is 1. The van der Waals surface area contributed by atoms with Crippen molar-refractivity contribution in [3.63, 3.8) is 0 Å². The number of methoxy groups -OCH3 is 1. The Morgan fingerprint density at radius 2 is 2.09 bits per heavy atom. The summed E-state index contributed by atoms with van der Waals surface area (Å²) in [6.07, 6.45) is -1.19. The fraction of sp³-hybridized carbons (Fsp3) is 0.615. The summed E-state index contributed by atoms with van der Waals surface area (Å²) < 4.78 is 6.04. The third-order valence-corrected chi connectivity index (χ3v) is 3.63. The predicted molar refractivity (Wildman–Crippen MR) is 72.6 cm³/mol. The number of fused-ring (bicyclic) bond motifs is 1. The van der Waals surface area contributed by atoms with Crippen molar-refractivity contribution in [3.05, 3.63) is 17.7 Å². The zero-order chi connectivity index (χ0) is 16.4. The molecule has 2 rings (SSSR count). The summed E-state index contributed by atoms with van der Waals surface area (Å²) in [6, 6.07) is -1.74. The molecule has 9 heteroatoms. The van der Waals surface area contributed by atoms with Crippen LogP contribution >= 0.6 is 0 Å². The van der Waals surface area contributed by atoms with Crippen molar-refractivity contribution in [1.29, 1.82) is 0 Å². The van der Waals surface area contributed by atoms with Crippen molar-refractivity contribution in [2.45, 2.75) is 37.6 Å². The molecule has 1 aliphatic heterocycles. The Morgan fingerprint density at radius 1 is 1.41 bits per heavy atom. The molecule has 0 aromatic carbocycles. The van der Waals surface area contributed by atoms with Gasteiger partial charge in [-0.25, -0.2) is 4.98 Å². The third-order valence-electron chi connectivity index (χ3n) is 3.63. The van der Waals surface area contributed by atoms with Crippen LogP contribution in [0.1, 0.15) is 30.5 Å². The second kappa shape index (κ2) is 6.42. The molecule has 0 fully saturated rings. The zero-order valence-electron chi connectivity index (χ0n) is 12.3. The van der Waals surface area contributed by atoms with Gasteiger partial charge in [-0.3, -0.25) is 9.59 Å². The van der Waals surface area contributed by atoms with E-state index in [0.29, 0.717) is 5.69 Å². The molecule has 2 unspecified atom stereocenters. The molecule has 0 saturated carbocycles. The van der Waals surface area contributed by atoms with Crippen LogP contribution in [0.3, 0.4) is 0 Å². The number of carbonyl (C=O) groups excluding carboxylic acids is 2. The Hall–Kier alpha value is -1.97. The van der Waals surface area contributed by atoms with Crippen LogP contribution in [0.4, 0.5) is 0 Å². The van der Waals surface area contributed by atoms with Gasteiger partial charge in [0, 0.05) is 13.1 Å². The molecule has 1 aliphatic rings. The van der Waals surface area contributed by atoms with E-state index in [1.165, 1.54) is 24.8 Å². The van der Waals surface area contributed by atoms with Crippen molar-refractivity contribution in [3.8, 4) is 0 Å². The van der Waals surface area contributed by atoms with E-state index in [9.17, 15) is 24.9 Å². The first-order valence-electron chi connectivity index (χ1n) is 6.77. The van der Waals surface area contributed by atoms with Crippen LogP contribution in [0.15, 0.2) is 6.20 Å². The van der Waals surface area contributed by atoms with E-state index in [2.05, 4.69) is 15.0 Å². The zero-order valence-corrected chi connectivity index (χ0v) is 12.3. The van der Waals surface area contributed by atoms with Crippen molar-refractivity contribution in [1.82, 2.24) is 14.9 Å². The smallest absolute Gasteiger partial charge is 0.311 e. The van der Waals surface area contributed by atoms with Gasteiger partial charge in [0.15, 0.2) is 0 Å². The minimum absolute atomic E-state index is 0.0897. The predicted octanol–water partition coefficient (Wildman–Crippen LogP) is -1.96. The fourth-order valence-electron chi connectivity index (χ4n) is 2.57. The SMILES string of the molecule is COC(=O)Cc1cn2c(n1)C(NC(C)=O)[C@@H](O)[C@@H](O)C2CO. The second-order valence-electron chi connectivity index (χ2n) is 5.16. The molecule has 1 aromatic rings. The topological polar surface area (TPSA) is 134 Å². The number of aliphatic hydroxyl groups is 3. The van der Waals surface area contributed by atoms with E-state index in [1.807, 2.05) is 0 Å². The molecular weight excluding hydrogens is 294 g/mol. The number of amides is 1. The van der Waals surface area contributed by atoms with Crippen LogP contribution in [-0.2, 0) is 20.7 Å². The van der Waals surface area contributed by atoms with Gasteiger partial charge < -0.3 is 29.9 Å². The number of nitrogens with zero attached hydrogens (tertiary/aromatic N) is 2. The van der Waals surface area contributed by atoms with Crippen molar-refractivity contribution in [2.24, 2.45) is 0 Å². The Bertz CT molecular complexity index is 572. The molecule has 1 aromatic heterocycles. The van der Waals surface area contributed by atoms with Crippen LogP contribution in [-0.4, -0.2) is 62.7 Å². The van der Waals surface area contributed by atoms with Crippen LogP contribution in [0, 0.1) is 0 Å². The van der Waals surface area contributed by atoms with Gasteiger partial charge in [0.1, 0.15) is 24.1 Å². The standard InChI is InChI=1S/C13H19N3O6/c1-6(18)14-10-12(21)11(20)8(5-17)16-4-7(15-13(10)16)3-9(19)22-2/h4,8,10-12,17,20-21H,3,5H2,1-2H3,(H,14,18)/t8?,10?,11-,12+/m0/s1. The first kappa shape index (κ1) is 16.4. The van der Waals surface area contributed by atoms with Crippen LogP contribution < -0.4 is 5.32 Å². The van der Waals surface area contributed by atoms with Gasteiger partial charge in [-0.1, -0.05) is 0 Å². The minimum Gasteiger partial charge on any atom is -0.469 e. The van der Waals surface area contributed by atoms with E-state index in [-0.39, 0.29) is 12.2 Å². The lowest BCUT2D eigenvalue weighted by Crippen LogP contribution is -2.51. The Kier molecular flexibility index (Phi) is 4.79. The first-order chi connectivity index (χ1) is 10.4. The van der Waals surface area contributed by atoms with Gasteiger partial charge in [-0.05, 0) is 0 Å². The summed E-state index contributed by atoms with van der Waals surface area (Å²) in [7, 11) is 1.25. The molecule has 122 valence electrons. The highest BCUT2D eigenvalue weighted by molar-refractivity contribution is 5.73. The summed E-state index contributed by atoms with van der Waals surface area (Å²) in [4.78, 5) is 26.9. The molecule has 0 aliphatic carbocycles. The normalized spacial score (nSPS) is 27.1. The lowest BCUT2D eigenvalue weighted by molar-refractivity contribution is -0.139. The summed E-state index contributed by atoms with van der Waals surface area (Å²) in [5.74, 6) is -0.623. The van der Waals surface area contributed by atoms with E-state index in [1.54, 1.807) is 0 Å². The van der Waals surface area contributed by atoms with Crippen molar-refractivity contribution in [2.75, 3.05) is 13.7 Å². The third kappa shape index (κ3) is 2.96. The summed E-state index contributed by atoms with van der Waals surface area (Å²) >= 11 is 0. The Morgan fingerprint density at radius 3 is 2.64 bits per heavy atom. The minimum atomic E-state index is -1.32. The van der Waals surface area contributed by atoms with Gasteiger partial charge in [0.25, 0.3) is 0 Å². The number of rotatable bonds is 4. The number of imidazole rings is 1. The lowest BCUT2D eigenvalue weighted by atomic mass is 9.94.